The summed E-state index contributed by atoms with van der Waals surface area (Å²) < 4.78 is 0. The molecule has 0 atom stereocenters. The van der Waals surface area contributed by atoms with Gasteiger partial charge in [0.1, 0.15) is 11.4 Å². The zero-order valence-electron chi connectivity index (χ0n) is 14.8. The molecule has 28 heavy (non-hydrogen) atoms. The molecule has 0 spiro atoms. The fraction of sp³-hybridized carbons (Fsp3) is 0.111. The number of carbonyl (C=O) groups excluding carboxylic acids is 2. The normalized spacial score (nSPS) is 10.3. The van der Waals surface area contributed by atoms with Gasteiger partial charge in [0.2, 0.25) is 5.91 Å². The zero-order chi connectivity index (χ0) is 19.9. The highest BCUT2D eigenvalue weighted by Crippen LogP contribution is 2.14. The number of guanidine groups is 1. The number of nitrogens with zero attached hydrogens (tertiary/aromatic N) is 3. The molecule has 0 bridgehead atoms. The van der Waals surface area contributed by atoms with E-state index in [1.165, 1.54) is 18.6 Å². The number of anilines is 1. The number of nitrogens with two attached hydrogens (primary N) is 1. The highest BCUT2D eigenvalue weighted by atomic mass is 16.2. The summed E-state index contributed by atoms with van der Waals surface area (Å²) in [6.07, 6.45) is 6.70. The first kappa shape index (κ1) is 18.7. The van der Waals surface area contributed by atoms with Crippen LogP contribution in [0.5, 0.6) is 0 Å². The third kappa shape index (κ3) is 4.97. The monoisotopic (exact) mass is 378 g/mol. The van der Waals surface area contributed by atoms with Crippen LogP contribution in [0.3, 0.4) is 0 Å². The summed E-state index contributed by atoms with van der Waals surface area (Å²) in [4.78, 5) is 39.5. The van der Waals surface area contributed by atoms with Crippen LogP contribution in [0.15, 0.2) is 49.1 Å². The highest BCUT2D eigenvalue weighted by molar-refractivity contribution is 6.02. The molecule has 6 N–H and O–H groups in total. The highest BCUT2D eigenvalue weighted by Gasteiger charge is 2.11. The van der Waals surface area contributed by atoms with Gasteiger partial charge in [-0.15, -0.1) is 0 Å². The van der Waals surface area contributed by atoms with Gasteiger partial charge >= 0.3 is 0 Å². The van der Waals surface area contributed by atoms with Crippen molar-refractivity contribution >= 4 is 23.5 Å². The Morgan fingerprint density at radius 2 is 2.04 bits per heavy atom. The number of aromatic nitrogens is 4. The van der Waals surface area contributed by atoms with E-state index in [0.717, 1.165) is 5.69 Å². The lowest BCUT2D eigenvalue weighted by Gasteiger charge is -2.07. The fourth-order valence-corrected chi connectivity index (χ4v) is 2.42. The standard InChI is InChI=1S/C18H18N8O2/c19-18(20)26-16(27)4-3-11-8-12(5-7-21-11)25-17(28)15-10-23-14(9-24-15)13-2-1-6-22-13/h1-2,5-10,22H,3-4H2,(H,21,25,28)(H4,19,20,26,27). The van der Waals surface area contributed by atoms with Crippen molar-refractivity contribution in [3.8, 4) is 11.4 Å². The number of hydrogen-bond donors (Lipinski definition) is 5. The molecular weight excluding hydrogens is 360 g/mol. The summed E-state index contributed by atoms with van der Waals surface area (Å²) in [6, 6.07) is 7.01. The van der Waals surface area contributed by atoms with Gasteiger partial charge in [-0.1, -0.05) is 0 Å². The molecule has 0 aromatic carbocycles. The number of pyridine rings is 1. The molecule has 142 valence electrons. The zero-order valence-corrected chi connectivity index (χ0v) is 14.8. The van der Waals surface area contributed by atoms with Crippen LogP contribution in [0.1, 0.15) is 22.6 Å². The molecule has 3 rings (SSSR count). The number of carbonyl (C=O) groups is 2. The Kier molecular flexibility index (Phi) is 5.70. The van der Waals surface area contributed by atoms with Crippen molar-refractivity contribution in [2.45, 2.75) is 12.8 Å². The summed E-state index contributed by atoms with van der Waals surface area (Å²) in [6.45, 7) is 0. The van der Waals surface area contributed by atoms with E-state index >= 15 is 0 Å². The van der Waals surface area contributed by atoms with Crippen molar-refractivity contribution in [1.29, 1.82) is 5.41 Å². The molecule has 3 aromatic heterocycles. The van der Waals surface area contributed by atoms with Crippen LogP contribution < -0.4 is 16.4 Å². The van der Waals surface area contributed by atoms with Crippen LogP contribution in [-0.4, -0.2) is 37.7 Å². The average Bonchev–Trinajstić information content (AvgIpc) is 3.21. The molecule has 10 heteroatoms. The molecule has 0 saturated heterocycles. The molecular formula is C18H18N8O2. The van der Waals surface area contributed by atoms with Crippen molar-refractivity contribution in [1.82, 2.24) is 25.3 Å². The molecule has 0 unspecified atom stereocenters. The van der Waals surface area contributed by atoms with E-state index in [2.05, 4.69) is 30.6 Å². The van der Waals surface area contributed by atoms with Crippen LogP contribution in [0, 0.1) is 5.41 Å². The van der Waals surface area contributed by atoms with Gasteiger partial charge < -0.3 is 16.0 Å². The van der Waals surface area contributed by atoms with E-state index in [4.69, 9.17) is 11.1 Å². The van der Waals surface area contributed by atoms with Crippen LogP contribution in [0.25, 0.3) is 11.4 Å². The largest absolute Gasteiger partial charge is 0.370 e. The van der Waals surface area contributed by atoms with Gasteiger partial charge in [0, 0.05) is 30.2 Å². The van der Waals surface area contributed by atoms with Gasteiger partial charge in [-0.2, -0.15) is 0 Å². The van der Waals surface area contributed by atoms with Crippen molar-refractivity contribution in [2.75, 3.05) is 5.32 Å². The summed E-state index contributed by atoms with van der Waals surface area (Å²) in [7, 11) is 0. The van der Waals surface area contributed by atoms with E-state index in [-0.39, 0.29) is 18.0 Å². The smallest absolute Gasteiger partial charge is 0.275 e. The molecule has 0 fully saturated rings. The summed E-state index contributed by atoms with van der Waals surface area (Å²) in [5.74, 6) is -1.18. The average molecular weight is 378 g/mol. The van der Waals surface area contributed by atoms with Crippen LogP contribution in [0.2, 0.25) is 0 Å². The van der Waals surface area contributed by atoms with E-state index in [1.54, 1.807) is 18.3 Å². The Balaban J connectivity index is 1.61. The molecule has 3 aromatic rings. The molecule has 0 aliphatic carbocycles. The van der Waals surface area contributed by atoms with Gasteiger partial charge in [-0.25, -0.2) is 4.98 Å². The summed E-state index contributed by atoms with van der Waals surface area (Å²) in [5, 5.41) is 12.0. The first-order chi connectivity index (χ1) is 13.5. The molecule has 0 radical (unpaired) electrons. The van der Waals surface area contributed by atoms with Gasteiger partial charge in [0.05, 0.1) is 18.1 Å². The Labute approximate surface area is 160 Å². The van der Waals surface area contributed by atoms with Gasteiger partial charge in [-0.3, -0.25) is 30.3 Å². The van der Waals surface area contributed by atoms with Crippen molar-refractivity contribution in [3.05, 3.63) is 60.4 Å². The summed E-state index contributed by atoms with van der Waals surface area (Å²) >= 11 is 0. The number of nitrogens with one attached hydrogen (secondary N) is 4. The maximum Gasteiger partial charge on any atom is 0.275 e. The topological polar surface area (TPSA) is 163 Å². The quantitative estimate of drug-likeness (QED) is 0.318. The van der Waals surface area contributed by atoms with Crippen molar-refractivity contribution in [2.24, 2.45) is 5.73 Å². The number of rotatable bonds is 6. The van der Waals surface area contributed by atoms with Gasteiger partial charge in [-0.05, 0) is 30.7 Å². The first-order valence-corrected chi connectivity index (χ1v) is 8.37. The van der Waals surface area contributed by atoms with E-state index < -0.39 is 11.9 Å². The van der Waals surface area contributed by atoms with E-state index in [9.17, 15) is 9.59 Å². The second-order valence-corrected chi connectivity index (χ2v) is 5.82. The molecule has 0 aliphatic rings. The molecule has 0 saturated carbocycles. The van der Waals surface area contributed by atoms with Crippen LogP contribution in [0.4, 0.5) is 5.69 Å². The number of aromatic amines is 1. The Morgan fingerprint density at radius 1 is 1.18 bits per heavy atom. The lowest BCUT2D eigenvalue weighted by Crippen LogP contribution is -2.35. The van der Waals surface area contributed by atoms with Gasteiger partial charge in [0.15, 0.2) is 5.96 Å². The molecule has 3 heterocycles. The Bertz CT molecular complexity index is 983. The summed E-state index contributed by atoms with van der Waals surface area (Å²) in [5.41, 5.74) is 7.87. The Morgan fingerprint density at radius 3 is 2.71 bits per heavy atom. The second kappa shape index (κ2) is 8.54. The minimum absolute atomic E-state index is 0.121. The third-order valence-corrected chi connectivity index (χ3v) is 3.72. The van der Waals surface area contributed by atoms with E-state index in [1.807, 2.05) is 12.1 Å². The van der Waals surface area contributed by atoms with Crippen LogP contribution in [-0.2, 0) is 11.2 Å². The number of hydrogen-bond acceptors (Lipinski definition) is 6. The maximum absolute atomic E-state index is 12.4. The molecule has 2 amide bonds. The minimum atomic E-state index is -0.406. The first-order valence-electron chi connectivity index (χ1n) is 8.37. The number of aryl methyl sites for hydroxylation is 1. The van der Waals surface area contributed by atoms with E-state index in [0.29, 0.717) is 23.5 Å². The van der Waals surface area contributed by atoms with Crippen LogP contribution >= 0.6 is 0 Å². The third-order valence-electron chi connectivity index (χ3n) is 3.72. The predicted octanol–water partition coefficient (Wildman–Crippen LogP) is 1.06. The fourth-order valence-electron chi connectivity index (χ4n) is 2.42. The number of amides is 2. The lowest BCUT2D eigenvalue weighted by atomic mass is 10.2. The Hall–Kier alpha value is -4.08. The number of H-pyrrole nitrogens is 1. The predicted molar refractivity (Wildman–Crippen MR) is 102 cm³/mol. The SMILES string of the molecule is N=C(N)NC(=O)CCc1cc(NC(=O)c2cnc(-c3ccc[nH]3)cn2)ccn1. The lowest BCUT2D eigenvalue weighted by molar-refractivity contribution is -0.119. The molecule has 0 aliphatic heterocycles. The van der Waals surface area contributed by atoms with Gasteiger partial charge in [0.25, 0.3) is 5.91 Å². The molecule has 10 nitrogen and oxygen atoms in total. The maximum atomic E-state index is 12.4. The minimum Gasteiger partial charge on any atom is -0.370 e. The van der Waals surface area contributed by atoms with Crippen molar-refractivity contribution < 1.29 is 9.59 Å². The van der Waals surface area contributed by atoms with Crippen molar-refractivity contribution in [3.63, 3.8) is 0 Å². The second-order valence-electron chi connectivity index (χ2n) is 5.82.